The van der Waals surface area contributed by atoms with Gasteiger partial charge in [-0.3, -0.25) is 9.69 Å². The summed E-state index contributed by atoms with van der Waals surface area (Å²) in [5.74, 6) is -1.39. The number of anilines is 1. The van der Waals surface area contributed by atoms with Crippen molar-refractivity contribution in [2.45, 2.75) is 13.0 Å². The highest BCUT2D eigenvalue weighted by atomic mass is 19.1. The number of fused-ring (bicyclic) bond motifs is 1. The third kappa shape index (κ3) is 3.41. The predicted molar refractivity (Wildman–Crippen MR) is 109 cm³/mol. The predicted octanol–water partition coefficient (Wildman–Crippen LogP) is 2.88. The summed E-state index contributed by atoms with van der Waals surface area (Å²) in [6.45, 7) is 1.61. The molecule has 31 heavy (non-hydrogen) atoms. The molecule has 3 amide bonds. The van der Waals surface area contributed by atoms with Gasteiger partial charge in [-0.1, -0.05) is 0 Å². The van der Waals surface area contributed by atoms with Crippen molar-refractivity contribution in [1.82, 2.24) is 19.8 Å². The first kappa shape index (κ1) is 19.2. The van der Waals surface area contributed by atoms with E-state index in [1.165, 1.54) is 35.2 Å². The van der Waals surface area contributed by atoms with Gasteiger partial charge in [-0.05, 0) is 42.5 Å². The zero-order valence-electron chi connectivity index (χ0n) is 16.5. The normalized spacial score (nSPS) is 15.7. The van der Waals surface area contributed by atoms with Gasteiger partial charge in [-0.25, -0.2) is 18.6 Å². The van der Waals surface area contributed by atoms with Gasteiger partial charge < -0.3 is 14.8 Å². The molecular formula is C22H19F2N5O2. The van der Waals surface area contributed by atoms with E-state index >= 15 is 0 Å². The van der Waals surface area contributed by atoms with Crippen molar-refractivity contribution >= 4 is 17.6 Å². The molecular weight excluding hydrogens is 404 g/mol. The molecule has 1 N–H and O–H groups in total. The van der Waals surface area contributed by atoms with Crippen LogP contribution in [0, 0.1) is 11.6 Å². The minimum absolute atomic E-state index is 0.0707. The monoisotopic (exact) mass is 423 g/mol. The Morgan fingerprint density at radius 1 is 1.03 bits per heavy atom. The molecule has 158 valence electrons. The Hall–Kier alpha value is -3.75. The van der Waals surface area contributed by atoms with Crippen molar-refractivity contribution in [3.8, 4) is 5.69 Å². The highest BCUT2D eigenvalue weighted by molar-refractivity contribution is 5.98. The van der Waals surface area contributed by atoms with Gasteiger partial charge in [-0.2, -0.15) is 0 Å². The second kappa shape index (κ2) is 7.50. The van der Waals surface area contributed by atoms with Gasteiger partial charge in [0.2, 0.25) is 0 Å². The quantitative estimate of drug-likeness (QED) is 0.704. The lowest BCUT2D eigenvalue weighted by Gasteiger charge is -2.28. The van der Waals surface area contributed by atoms with E-state index in [4.69, 9.17) is 0 Å². The lowest BCUT2D eigenvalue weighted by Crippen LogP contribution is -2.37. The Morgan fingerprint density at radius 3 is 2.55 bits per heavy atom. The van der Waals surface area contributed by atoms with E-state index < -0.39 is 11.7 Å². The van der Waals surface area contributed by atoms with Gasteiger partial charge in [0.15, 0.2) is 0 Å². The summed E-state index contributed by atoms with van der Waals surface area (Å²) in [6.07, 6.45) is 2.19. The van der Waals surface area contributed by atoms with Crippen LogP contribution in [-0.2, 0) is 13.0 Å². The van der Waals surface area contributed by atoms with Crippen molar-refractivity contribution in [1.29, 1.82) is 0 Å². The van der Waals surface area contributed by atoms with E-state index in [1.54, 1.807) is 23.4 Å². The van der Waals surface area contributed by atoms with Crippen LogP contribution < -0.4 is 10.2 Å². The number of aromatic nitrogens is 2. The van der Waals surface area contributed by atoms with Gasteiger partial charge in [-0.15, -0.1) is 0 Å². The molecule has 3 heterocycles. The fourth-order valence-corrected chi connectivity index (χ4v) is 4.04. The van der Waals surface area contributed by atoms with Crippen molar-refractivity contribution in [3.05, 3.63) is 77.4 Å². The second-order valence-corrected chi connectivity index (χ2v) is 7.51. The average molecular weight is 423 g/mol. The number of imidazole rings is 1. The maximum absolute atomic E-state index is 14.5. The standard InChI is InChI=1S/C22H19F2N5O2/c23-14-1-3-15(4-2-14)29-13-26-19-12-27(9-7-20(19)29)21(30)17-11-16(5-6-18(17)24)28-10-8-25-22(28)31/h1-6,11,13H,7-10,12H2,(H,25,31). The maximum Gasteiger partial charge on any atom is 0.321 e. The number of hydrogen-bond acceptors (Lipinski definition) is 3. The minimum atomic E-state index is -0.629. The number of benzene rings is 2. The van der Waals surface area contributed by atoms with E-state index in [1.807, 2.05) is 4.57 Å². The number of rotatable bonds is 3. The van der Waals surface area contributed by atoms with Crippen LogP contribution in [0.25, 0.3) is 5.69 Å². The van der Waals surface area contributed by atoms with Crippen LogP contribution in [0.2, 0.25) is 0 Å². The zero-order chi connectivity index (χ0) is 21.5. The average Bonchev–Trinajstić information content (AvgIpc) is 3.40. The number of halogens is 2. The molecule has 0 radical (unpaired) electrons. The molecule has 2 aliphatic rings. The van der Waals surface area contributed by atoms with Crippen molar-refractivity contribution in [3.63, 3.8) is 0 Å². The molecule has 0 bridgehead atoms. The Labute approximate surface area is 176 Å². The first-order valence-corrected chi connectivity index (χ1v) is 9.96. The van der Waals surface area contributed by atoms with Gasteiger partial charge in [0.05, 0.1) is 24.1 Å². The SMILES string of the molecule is O=C(c1cc(N2CCNC2=O)ccc1F)N1CCc2c(ncn2-c2ccc(F)cc2)C1. The van der Waals surface area contributed by atoms with E-state index in [-0.39, 0.29) is 24.0 Å². The number of nitrogens with one attached hydrogen (secondary N) is 1. The van der Waals surface area contributed by atoms with Crippen LogP contribution in [-0.4, -0.2) is 46.0 Å². The molecule has 1 fully saturated rings. The Balaban J connectivity index is 1.39. The van der Waals surface area contributed by atoms with Gasteiger partial charge in [0.1, 0.15) is 11.6 Å². The van der Waals surface area contributed by atoms with Gasteiger partial charge in [0.25, 0.3) is 5.91 Å². The summed E-state index contributed by atoms with van der Waals surface area (Å²) in [4.78, 5) is 32.4. The lowest BCUT2D eigenvalue weighted by atomic mass is 10.1. The fraction of sp³-hybridized carbons (Fsp3) is 0.227. The molecule has 9 heteroatoms. The number of carbonyl (C=O) groups excluding carboxylic acids is 2. The molecule has 0 spiro atoms. The van der Waals surface area contributed by atoms with Crippen LogP contribution >= 0.6 is 0 Å². The summed E-state index contributed by atoms with van der Waals surface area (Å²) in [7, 11) is 0. The summed E-state index contributed by atoms with van der Waals surface area (Å²) in [5, 5.41) is 2.69. The number of carbonyl (C=O) groups is 2. The summed E-state index contributed by atoms with van der Waals surface area (Å²) < 4.78 is 29.6. The van der Waals surface area contributed by atoms with Crippen LogP contribution in [0.4, 0.5) is 19.3 Å². The van der Waals surface area contributed by atoms with Gasteiger partial charge in [0, 0.05) is 43.1 Å². The number of amides is 3. The van der Waals surface area contributed by atoms with Crippen molar-refractivity contribution in [2.24, 2.45) is 0 Å². The molecule has 0 aliphatic carbocycles. The van der Waals surface area contributed by atoms with E-state index in [2.05, 4.69) is 10.3 Å². The Morgan fingerprint density at radius 2 is 1.81 bits per heavy atom. The minimum Gasteiger partial charge on any atom is -0.336 e. The van der Waals surface area contributed by atoms with Gasteiger partial charge >= 0.3 is 6.03 Å². The molecule has 7 nitrogen and oxygen atoms in total. The number of urea groups is 1. The Bertz CT molecular complexity index is 1180. The maximum atomic E-state index is 14.5. The highest BCUT2D eigenvalue weighted by Crippen LogP contribution is 2.26. The molecule has 3 aromatic rings. The first-order valence-electron chi connectivity index (χ1n) is 9.96. The smallest absolute Gasteiger partial charge is 0.321 e. The molecule has 2 aliphatic heterocycles. The molecule has 1 saturated heterocycles. The Kier molecular flexibility index (Phi) is 4.65. The van der Waals surface area contributed by atoms with E-state index in [0.717, 1.165) is 17.1 Å². The van der Waals surface area contributed by atoms with Crippen LogP contribution in [0.5, 0.6) is 0 Å². The van der Waals surface area contributed by atoms with E-state index in [9.17, 15) is 18.4 Å². The van der Waals surface area contributed by atoms with Crippen LogP contribution in [0.3, 0.4) is 0 Å². The third-order valence-electron chi connectivity index (χ3n) is 5.65. The number of hydrogen-bond donors (Lipinski definition) is 1. The van der Waals surface area contributed by atoms with E-state index in [0.29, 0.717) is 31.7 Å². The summed E-state index contributed by atoms with van der Waals surface area (Å²) >= 11 is 0. The zero-order valence-corrected chi connectivity index (χ0v) is 16.5. The molecule has 2 aromatic carbocycles. The first-order chi connectivity index (χ1) is 15.0. The summed E-state index contributed by atoms with van der Waals surface area (Å²) in [5.41, 5.74) is 2.87. The molecule has 0 unspecified atom stereocenters. The summed E-state index contributed by atoms with van der Waals surface area (Å²) in [6, 6.07) is 9.98. The second-order valence-electron chi connectivity index (χ2n) is 7.51. The van der Waals surface area contributed by atoms with Crippen LogP contribution in [0.15, 0.2) is 48.8 Å². The third-order valence-corrected chi connectivity index (χ3v) is 5.65. The van der Waals surface area contributed by atoms with Crippen molar-refractivity contribution in [2.75, 3.05) is 24.5 Å². The largest absolute Gasteiger partial charge is 0.336 e. The molecule has 1 aromatic heterocycles. The molecule has 0 saturated carbocycles. The fourth-order valence-electron chi connectivity index (χ4n) is 4.04. The molecule has 5 rings (SSSR count). The molecule has 0 atom stereocenters. The van der Waals surface area contributed by atoms with Crippen LogP contribution in [0.1, 0.15) is 21.7 Å². The number of nitrogens with zero attached hydrogens (tertiary/aromatic N) is 4. The highest BCUT2D eigenvalue weighted by Gasteiger charge is 2.28. The van der Waals surface area contributed by atoms with Crippen molar-refractivity contribution < 1.29 is 18.4 Å². The lowest BCUT2D eigenvalue weighted by molar-refractivity contribution is 0.0726. The topological polar surface area (TPSA) is 70.5 Å².